The van der Waals surface area contributed by atoms with Gasteiger partial charge in [-0.1, -0.05) is 12.1 Å². The molecular weight excluding hydrogens is 314 g/mol. The largest absolute Gasteiger partial charge is 0.373 e. The molecule has 2 heterocycles. The summed E-state index contributed by atoms with van der Waals surface area (Å²) < 4.78 is 5.79. The number of carbonyl (C=O) groups excluding carboxylic acids is 1. The number of nitrogens with zero attached hydrogens (tertiary/aromatic N) is 2. The Kier molecular flexibility index (Phi) is 6.10. The average Bonchev–Trinajstić information content (AvgIpc) is 2.61. The summed E-state index contributed by atoms with van der Waals surface area (Å²) in [6, 6.07) is 8.29. The molecule has 0 saturated carbocycles. The van der Waals surface area contributed by atoms with Gasteiger partial charge in [-0.25, -0.2) is 0 Å². The van der Waals surface area contributed by atoms with Gasteiger partial charge in [0.1, 0.15) is 0 Å². The minimum Gasteiger partial charge on any atom is -0.373 e. The molecule has 0 spiro atoms. The van der Waals surface area contributed by atoms with Gasteiger partial charge < -0.3 is 15.4 Å². The molecule has 3 rings (SSSR count). The van der Waals surface area contributed by atoms with E-state index < -0.39 is 0 Å². The Morgan fingerprint density at radius 2 is 1.84 bits per heavy atom. The van der Waals surface area contributed by atoms with Crippen molar-refractivity contribution < 1.29 is 9.53 Å². The van der Waals surface area contributed by atoms with Crippen LogP contribution in [0.3, 0.4) is 0 Å². The molecule has 25 heavy (non-hydrogen) atoms. The molecule has 2 fully saturated rings. The molecule has 3 atom stereocenters. The van der Waals surface area contributed by atoms with Crippen molar-refractivity contribution in [2.24, 2.45) is 5.73 Å². The molecule has 1 aromatic carbocycles. The van der Waals surface area contributed by atoms with Gasteiger partial charge in [0.25, 0.3) is 5.91 Å². The van der Waals surface area contributed by atoms with E-state index >= 15 is 0 Å². The number of rotatable bonds is 4. The molecule has 2 aliphatic rings. The molecule has 0 bridgehead atoms. The van der Waals surface area contributed by atoms with Gasteiger partial charge in [0.2, 0.25) is 0 Å². The predicted octanol–water partition coefficient (Wildman–Crippen LogP) is 2.25. The third kappa shape index (κ3) is 4.60. The fraction of sp³-hybridized carbons (Fsp3) is 0.650. The maximum Gasteiger partial charge on any atom is 0.254 e. The zero-order chi connectivity index (χ0) is 17.8. The summed E-state index contributed by atoms with van der Waals surface area (Å²) in [5.41, 5.74) is 7.86. The summed E-state index contributed by atoms with van der Waals surface area (Å²) in [5, 5.41) is 0. The number of ether oxygens (including phenoxy) is 1. The van der Waals surface area contributed by atoms with Gasteiger partial charge in [-0.2, -0.15) is 0 Å². The van der Waals surface area contributed by atoms with Crippen molar-refractivity contribution in [1.82, 2.24) is 9.80 Å². The Morgan fingerprint density at radius 3 is 2.48 bits per heavy atom. The van der Waals surface area contributed by atoms with Gasteiger partial charge in [-0.3, -0.25) is 9.69 Å². The third-order valence-corrected chi connectivity index (χ3v) is 5.26. The molecule has 0 radical (unpaired) electrons. The van der Waals surface area contributed by atoms with Crippen molar-refractivity contribution in [1.29, 1.82) is 0 Å². The first-order valence-corrected chi connectivity index (χ1v) is 9.54. The van der Waals surface area contributed by atoms with Gasteiger partial charge in [-0.15, -0.1) is 0 Å². The predicted molar refractivity (Wildman–Crippen MR) is 99.5 cm³/mol. The van der Waals surface area contributed by atoms with E-state index in [0.717, 1.165) is 44.6 Å². The van der Waals surface area contributed by atoms with Crippen LogP contribution in [-0.4, -0.2) is 60.1 Å². The average molecular weight is 345 g/mol. The highest BCUT2D eigenvalue weighted by Gasteiger charge is 2.26. The molecule has 2 aliphatic heterocycles. The van der Waals surface area contributed by atoms with Crippen LogP contribution in [0.15, 0.2) is 24.3 Å². The number of carbonyl (C=O) groups is 1. The van der Waals surface area contributed by atoms with Crippen molar-refractivity contribution in [3.63, 3.8) is 0 Å². The zero-order valence-corrected chi connectivity index (χ0v) is 15.5. The topological polar surface area (TPSA) is 58.8 Å². The minimum absolute atomic E-state index is 0.121. The summed E-state index contributed by atoms with van der Waals surface area (Å²) in [6.07, 6.45) is 3.82. The molecule has 0 aliphatic carbocycles. The zero-order valence-electron chi connectivity index (χ0n) is 15.5. The molecular formula is C20H31N3O2. The lowest BCUT2D eigenvalue weighted by Crippen LogP contribution is -2.47. The number of hydrogen-bond acceptors (Lipinski definition) is 4. The summed E-state index contributed by atoms with van der Waals surface area (Å²) in [4.78, 5) is 17.2. The molecule has 138 valence electrons. The SMILES string of the molecule is C[C@@H]1CN(Cc2ccc(C(=O)N3CCCC[C@H]3CN)cc2)C[C@@H](C)O1. The molecule has 1 amide bonds. The van der Waals surface area contributed by atoms with Crippen molar-refractivity contribution in [3.05, 3.63) is 35.4 Å². The molecule has 2 N–H and O–H groups in total. The van der Waals surface area contributed by atoms with Crippen LogP contribution in [0.2, 0.25) is 0 Å². The Morgan fingerprint density at radius 1 is 1.16 bits per heavy atom. The first-order valence-electron chi connectivity index (χ1n) is 9.54. The second-order valence-electron chi connectivity index (χ2n) is 7.53. The minimum atomic E-state index is 0.121. The van der Waals surface area contributed by atoms with Gasteiger partial charge in [0.05, 0.1) is 12.2 Å². The molecule has 5 heteroatoms. The quantitative estimate of drug-likeness (QED) is 0.909. The Balaban J connectivity index is 1.62. The maximum absolute atomic E-state index is 12.8. The lowest BCUT2D eigenvalue weighted by atomic mass is 10.0. The van der Waals surface area contributed by atoms with Crippen LogP contribution >= 0.6 is 0 Å². The van der Waals surface area contributed by atoms with Crippen LogP contribution in [0.5, 0.6) is 0 Å². The molecule has 0 aromatic heterocycles. The summed E-state index contributed by atoms with van der Waals surface area (Å²) in [5.74, 6) is 0.121. The normalized spacial score (nSPS) is 28.1. The van der Waals surface area contributed by atoms with E-state index in [1.54, 1.807) is 0 Å². The van der Waals surface area contributed by atoms with E-state index in [-0.39, 0.29) is 24.2 Å². The second kappa shape index (κ2) is 8.30. The van der Waals surface area contributed by atoms with E-state index in [0.29, 0.717) is 6.54 Å². The first-order chi connectivity index (χ1) is 12.1. The van der Waals surface area contributed by atoms with Crippen molar-refractivity contribution >= 4 is 5.91 Å². The van der Waals surface area contributed by atoms with E-state index in [9.17, 15) is 4.79 Å². The number of likely N-dealkylation sites (tertiary alicyclic amines) is 1. The van der Waals surface area contributed by atoms with E-state index in [2.05, 4.69) is 30.9 Å². The fourth-order valence-corrected chi connectivity index (χ4v) is 4.10. The highest BCUT2D eigenvalue weighted by molar-refractivity contribution is 5.94. The van der Waals surface area contributed by atoms with Crippen LogP contribution in [0.1, 0.15) is 49.0 Å². The van der Waals surface area contributed by atoms with Crippen LogP contribution < -0.4 is 5.73 Å². The van der Waals surface area contributed by atoms with E-state index in [1.807, 2.05) is 17.0 Å². The molecule has 0 unspecified atom stereocenters. The number of piperidine rings is 1. The maximum atomic E-state index is 12.8. The van der Waals surface area contributed by atoms with E-state index in [1.165, 1.54) is 12.0 Å². The molecule has 2 saturated heterocycles. The van der Waals surface area contributed by atoms with Gasteiger partial charge in [0, 0.05) is 44.3 Å². The van der Waals surface area contributed by atoms with Crippen LogP contribution in [0.25, 0.3) is 0 Å². The fourth-order valence-electron chi connectivity index (χ4n) is 4.10. The number of morpholine rings is 1. The van der Waals surface area contributed by atoms with E-state index in [4.69, 9.17) is 10.5 Å². The third-order valence-electron chi connectivity index (χ3n) is 5.26. The lowest BCUT2D eigenvalue weighted by Gasteiger charge is -2.35. The van der Waals surface area contributed by atoms with Gasteiger partial charge in [0.15, 0.2) is 0 Å². The highest BCUT2D eigenvalue weighted by Crippen LogP contribution is 2.20. The Labute approximate surface area is 151 Å². The lowest BCUT2D eigenvalue weighted by molar-refractivity contribution is -0.0704. The van der Waals surface area contributed by atoms with Crippen LogP contribution in [-0.2, 0) is 11.3 Å². The monoisotopic (exact) mass is 345 g/mol. The standard InChI is InChI=1S/C20H31N3O2/c1-15-12-22(13-16(2)25-15)14-17-6-8-18(9-7-17)20(24)23-10-4-3-5-19(23)11-21/h6-9,15-16,19H,3-5,10-14,21H2,1-2H3/t15-,16-,19+/m1/s1. The Hall–Kier alpha value is -1.43. The number of hydrogen-bond donors (Lipinski definition) is 1. The van der Waals surface area contributed by atoms with Crippen LogP contribution in [0, 0.1) is 0 Å². The van der Waals surface area contributed by atoms with Gasteiger partial charge in [-0.05, 0) is 50.8 Å². The van der Waals surface area contributed by atoms with Crippen molar-refractivity contribution in [2.45, 2.75) is 57.9 Å². The van der Waals surface area contributed by atoms with Crippen molar-refractivity contribution in [2.75, 3.05) is 26.2 Å². The molecule has 5 nitrogen and oxygen atoms in total. The van der Waals surface area contributed by atoms with Gasteiger partial charge >= 0.3 is 0 Å². The number of benzene rings is 1. The smallest absolute Gasteiger partial charge is 0.254 e. The summed E-state index contributed by atoms with van der Waals surface area (Å²) in [6.45, 7) is 8.44. The number of amides is 1. The summed E-state index contributed by atoms with van der Waals surface area (Å²) in [7, 11) is 0. The molecule has 1 aromatic rings. The summed E-state index contributed by atoms with van der Waals surface area (Å²) >= 11 is 0. The number of nitrogens with two attached hydrogens (primary N) is 1. The second-order valence-corrected chi connectivity index (χ2v) is 7.53. The van der Waals surface area contributed by atoms with Crippen molar-refractivity contribution in [3.8, 4) is 0 Å². The Bertz CT molecular complexity index is 565. The first kappa shape index (κ1) is 18.4. The highest BCUT2D eigenvalue weighted by atomic mass is 16.5. The van der Waals surface area contributed by atoms with Crippen LogP contribution in [0.4, 0.5) is 0 Å².